The Kier molecular flexibility index (Phi) is 9.64. The molecule has 0 unspecified atom stereocenters. The number of fused-ring (bicyclic) bond motifs is 2. The van der Waals surface area contributed by atoms with Gasteiger partial charge in [0.15, 0.2) is 0 Å². The van der Waals surface area contributed by atoms with Crippen LogP contribution in [0.1, 0.15) is 33.5 Å². The number of nitrogens with zero attached hydrogens (tertiary/aromatic N) is 2. The summed E-state index contributed by atoms with van der Waals surface area (Å²) in [4.78, 5) is 4.83. The largest absolute Gasteiger partial charge is 0.598 e. The minimum atomic E-state index is -6.14. The summed E-state index contributed by atoms with van der Waals surface area (Å²) in [6.45, 7) is -1.27. The molecule has 1 aromatic heterocycles. The van der Waals surface area contributed by atoms with Crippen molar-refractivity contribution in [1.29, 1.82) is 0 Å². The molecule has 0 radical (unpaired) electrons. The molecule has 0 bridgehead atoms. The first-order valence-corrected chi connectivity index (χ1v) is 15.7. The summed E-state index contributed by atoms with van der Waals surface area (Å²) in [5, 5.41) is 0.638. The molecule has 0 aliphatic carbocycles. The molecule has 0 atom stereocenters. The zero-order valence-electron chi connectivity index (χ0n) is 27.3. The second-order valence-corrected chi connectivity index (χ2v) is 12.3. The van der Waals surface area contributed by atoms with E-state index in [4.69, 9.17) is 14.3 Å². The van der Waals surface area contributed by atoms with E-state index in [2.05, 4.69) is 0 Å². The van der Waals surface area contributed by atoms with E-state index in [1.165, 1.54) is 6.08 Å². The maximum atomic E-state index is 14.3. The van der Waals surface area contributed by atoms with Crippen LogP contribution >= 0.6 is 0 Å². The lowest BCUT2D eigenvalue weighted by molar-refractivity contribution is -0.295. The van der Waals surface area contributed by atoms with Crippen LogP contribution < -0.4 is 0 Å². The van der Waals surface area contributed by atoms with E-state index in [0.717, 1.165) is 21.2 Å². The molecule has 0 spiro atoms. The molecule has 2 heterocycles. The highest BCUT2D eigenvalue weighted by atomic mass is 19.4. The fraction of sp³-hybridized carbons (Fsp3) is 0.216. The third-order valence-corrected chi connectivity index (χ3v) is 8.43. The second-order valence-electron chi connectivity index (χ2n) is 12.3. The van der Waals surface area contributed by atoms with Crippen molar-refractivity contribution in [2.24, 2.45) is 4.99 Å². The van der Waals surface area contributed by atoms with Crippen LogP contribution in [-0.2, 0) is 9.31 Å². The highest BCUT2D eigenvalue weighted by Gasteiger charge is 2.60. The summed E-state index contributed by atoms with van der Waals surface area (Å²) in [5.74, 6) is -11.1. The van der Waals surface area contributed by atoms with Gasteiger partial charge in [0.05, 0.1) is 11.4 Å². The predicted molar refractivity (Wildman–Crippen MR) is 178 cm³/mol. The molecule has 4 nitrogen and oxygen atoms in total. The van der Waals surface area contributed by atoms with E-state index in [1.807, 2.05) is 31.2 Å². The van der Waals surface area contributed by atoms with Crippen LogP contribution in [0.15, 0.2) is 102 Å². The van der Waals surface area contributed by atoms with Gasteiger partial charge in [-0.2, -0.15) is 43.9 Å². The summed E-state index contributed by atoms with van der Waals surface area (Å²) < 4.78 is 148. The molecule has 0 saturated heterocycles. The van der Waals surface area contributed by atoms with Crippen molar-refractivity contribution in [1.82, 2.24) is 4.48 Å². The van der Waals surface area contributed by atoms with E-state index in [1.54, 1.807) is 79.7 Å². The third kappa shape index (κ3) is 7.11. The highest BCUT2D eigenvalue weighted by molar-refractivity contribution is 6.45. The van der Waals surface area contributed by atoms with Gasteiger partial charge in [0.1, 0.15) is 13.2 Å². The number of aliphatic imine (C=N–C) groups is 1. The molecule has 52 heavy (non-hydrogen) atoms. The molecular formula is C37H27BF10N2O2. The first-order chi connectivity index (χ1) is 24.4. The molecule has 0 saturated carbocycles. The zero-order chi connectivity index (χ0) is 37.6. The van der Waals surface area contributed by atoms with Gasteiger partial charge < -0.3 is 13.8 Å². The smallest absolute Gasteiger partial charge is 0.385 e. The van der Waals surface area contributed by atoms with Gasteiger partial charge in [-0.3, -0.25) is 0 Å². The number of aromatic nitrogens is 1. The minimum Gasteiger partial charge on any atom is -0.385 e. The van der Waals surface area contributed by atoms with Gasteiger partial charge in [0.2, 0.25) is 0 Å². The summed E-state index contributed by atoms with van der Waals surface area (Å²) in [6, 6.07) is 27.2. The van der Waals surface area contributed by atoms with Crippen LogP contribution in [0.25, 0.3) is 33.8 Å². The topological polar surface area (TPSA) is 35.8 Å². The monoisotopic (exact) mass is 732 g/mol. The molecule has 270 valence electrons. The summed E-state index contributed by atoms with van der Waals surface area (Å²) in [7, 11) is -2.66. The number of hydrogen-bond donors (Lipinski definition) is 0. The van der Waals surface area contributed by atoms with Crippen molar-refractivity contribution in [2.45, 2.75) is 38.0 Å². The number of rotatable bonds is 10. The van der Waals surface area contributed by atoms with Crippen LogP contribution in [0.2, 0.25) is 0 Å². The SMILES string of the molecule is Cc1ccc(C2=N/C(=C\c3c4ccccc4c(-c4ccc(C)cc4)n3B(OCC(F)(F)C(F)(F)F)OCC(F)(F)C(F)(F)F)c3ccccc32)cc1. The summed E-state index contributed by atoms with van der Waals surface area (Å²) in [6.07, 6.45) is -10.9. The van der Waals surface area contributed by atoms with Crippen molar-refractivity contribution >= 4 is 35.5 Å². The van der Waals surface area contributed by atoms with E-state index >= 15 is 0 Å². The van der Waals surface area contributed by atoms with Crippen molar-refractivity contribution in [3.8, 4) is 11.3 Å². The quantitative estimate of drug-likeness (QED) is 0.106. The van der Waals surface area contributed by atoms with Crippen LogP contribution in [0, 0.1) is 13.8 Å². The maximum absolute atomic E-state index is 14.3. The average Bonchev–Trinajstić information content (AvgIpc) is 3.60. The van der Waals surface area contributed by atoms with Crippen molar-refractivity contribution in [3.05, 3.63) is 131 Å². The molecule has 0 fully saturated rings. The van der Waals surface area contributed by atoms with Gasteiger partial charge >= 0.3 is 31.5 Å². The fourth-order valence-corrected chi connectivity index (χ4v) is 5.70. The van der Waals surface area contributed by atoms with Crippen LogP contribution in [0.4, 0.5) is 43.9 Å². The average molecular weight is 732 g/mol. The molecule has 0 amide bonds. The number of alkyl halides is 10. The lowest BCUT2D eigenvalue weighted by atomic mass is 9.98. The Labute approximate surface area is 291 Å². The molecule has 6 rings (SSSR count). The van der Waals surface area contributed by atoms with Gasteiger partial charge in [-0.25, -0.2) is 4.99 Å². The Morgan fingerprint density at radius 1 is 0.596 bits per heavy atom. The van der Waals surface area contributed by atoms with Crippen LogP contribution in [-0.4, -0.2) is 54.9 Å². The summed E-state index contributed by atoms with van der Waals surface area (Å²) >= 11 is 0. The second kappa shape index (κ2) is 13.6. The van der Waals surface area contributed by atoms with E-state index in [-0.39, 0.29) is 17.1 Å². The first kappa shape index (κ1) is 36.9. The highest BCUT2D eigenvalue weighted by Crippen LogP contribution is 2.42. The lowest BCUT2D eigenvalue weighted by Crippen LogP contribution is -2.48. The molecule has 4 aromatic carbocycles. The fourth-order valence-electron chi connectivity index (χ4n) is 5.70. The van der Waals surface area contributed by atoms with Gasteiger partial charge in [-0.1, -0.05) is 108 Å². The molecule has 15 heteroatoms. The standard InChI is InChI=1S/C37H27BF10N2O2/c1-22-11-15-24(16-12-22)32-28-9-5-3-7-26(28)30(49-32)19-31-27-8-4-6-10-29(27)33(25-17-13-23(2)14-18-25)50(31)38(51-20-34(39,40)36(43,44)45)52-21-35(41,42)37(46,47)48/h3-19H,20-21H2,1-2H3/b30-19-. The number of benzene rings is 4. The Hall–Kier alpha value is -4.89. The first-order valence-electron chi connectivity index (χ1n) is 15.7. The predicted octanol–water partition coefficient (Wildman–Crippen LogP) is 10.5. The van der Waals surface area contributed by atoms with Gasteiger partial charge in [0.25, 0.3) is 0 Å². The maximum Gasteiger partial charge on any atom is 0.598 e. The molecular weight excluding hydrogens is 705 g/mol. The van der Waals surface area contributed by atoms with Crippen molar-refractivity contribution < 1.29 is 53.2 Å². The number of aryl methyl sites for hydroxylation is 2. The van der Waals surface area contributed by atoms with Crippen LogP contribution in [0.5, 0.6) is 0 Å². The van der Waals surface area contributed by atoms with E-state index in [0.29, 0.717) is 33.2 Å². The summed E-state index contributed by atoms with van der Waals surface area (Å²) in [5.41, 5.74) is 4.85. The third-order valence-electron chi connectivity index (χ3n) is 8.43. The van der Waals surface area contributed by atoms with Gasteiger partial charge in [-0.15, -0.1) is 0 Å². The van der Waals surface area contributed by atoms with E-state index in [9.17, 15) is 43.9 Å². The van der Waals surface area contributed by atoms with Gasteiger partial charge in [-0.05, 0) is 25.5 Å². The molecule has 1 aliphatic rings. The molecule has 0 N–H and O–H groups in total. The number of hydrogen-bond acceptors (Lipinski definition) is 3. The van der Waals surface area contributed by atoms with Crippen LogP contribution in [0.3, 0.4) is 0 Å². The lowest BCUT2D eigenvalue weighted by Gasteiger charge is -2.26. The number of halogens is 10. The minimum absolute atomic E-state index is 0.0205. The molecule has 1 aliphatic heterocycles. The Morgan fingerprint density at radius 2 is 1.06 bits per heavy atom. The molecule has 5 aromatic rings. The zero-order valence-corrected chi connectivity index (χ0v) is 27.3. The normalized spacial score (nSPS) is 14.6. The van der Waals surface area contributed by atoms with Gasteiger partial charge in [0, 0.05) is 38.9 Å². The van der Waals surface area contributed by atoms with E-state index < -0.39 is 44.7 Å². The van der Waals surface area contributed by atoms with Crippen molar-refractivity contribution in [2.75, 3.05) is 13.2 Å². The Bertz CT molecular complexity index is 2120. The Morgan fingerprint density at radius 3 is 1.58 bits per heavy atom. The van der Waals surface area contributed by atoms with Crippen molar-refractivity contribution in [3.63, 3.8) is 0 Å². The Balaban J connectivity index is 1.62.